The average Bonchev–Trinajstić information content (AvgIpc) is 2.81. The Morgan fingerprint density at radius 2 is 2.26 bits per heavy atom. The number of carbonyl (C=O) groups is 2. The number of carboxylic acids is 1. The largest absolute Gasteiger partial charge is 0.478 e. The summed E-state index contributed by atoms with van der Waals surface area (Å²) in [4.78, 5) is 30.9. The van der Waals surface area contributed by atoms with Crippen LogP contribution in [0.3, 0.4) is 0 Å². The third-order valence-corrected chi connectivity index (χ3v) is 3.29. The number of nitrogens with zero attached hydrogens (tertiary/aromatic N) is 2. The van der Waals surface area contributed by atoms with Crippen LogP contribution in [0.1, 0.15) is 31.5 Å². The molecule has 2 aromatic heterocycles. The summed E-state index contributed by atoms with van der Waals surface area (Å²) in [7, 11) is 0. The number of thiazole rings is 1. The van der Waals surface area contributed by atoms with Gasteiger partial charge in [0.05, 0.1) is 12.1 Å². The highest BCUT2D eigenvalue weighted by Gasteiger charge is 2.17. The van der Waals surface area contributed by atoms with Gasteiger partial charge in [-0.05, 0) is 19.1 Å². The van der Waals surface area contributed by atoms with Crippen LogP contribution >= 0.6 is 11.3 Å². The van der Waals surface area contributed by atoms with Gasteiger partial charge in [-0.2, -0.15) is 0 Å². The maximum atomic E-state index is 11.9. The SMILES string of the molecule is Cc1csc(CNC(=O)c2ncccc2C(=O)O)n1. The van der Waals surface area contributed by atoms with Crippen molar-refractivity contribution >= 4 is 23.2 Å². The fourth-order valence-corrected chi connectivity index (χ4v) is 2.19. The quantitative estimate of drug-likeness (QED) is 0.883. The molecule has 98 valence electrons. The second kappa shape index (κ2) is 5.57. The lowest BCUT2D eigenvalue weighted by atomic mass is 10.2. The Balaban J connectivity index is 2.10. The van der Waals surface area contributed by atoms with E-state index in [9.17, 15) is 9.59 Å². The van der Waals surface area contributed by atoms with Gasteiger partial charge in [0.15, 0.2) is 0 Å². The van der Waals surface area contributed by atoms with Crippen molar-refractivity contribution in [2.24, 2.45) is 0 Å². The van der Waals surface area contributed by atoms with Gasteiger partial charge in [-0.15, -0.1) is 11.3 Å². The Morgan fingerprint density at radius 3 is 2.89 bits per heavy atom. The standard InChI is InChI=1S/C12H11N3O3S/c1-7-6-19-9(15-7)5-14-11(16)10-8(12(17)18)3-2-4-13-10/h2-4,6H,5H2,1H3,(H,14,16)(H,17,18). The van der Waals surface area contributed by atoms with Crippen LogP contribution in [0.5, 0.6) is 0 Å². The van der Waals surface area contributed by atoms with Crippen LogP contribution in [0, 0.1) is 6.92 Å². The van der Waals surface area contributed by atoms with Gasteiger partial charge in [-0.1, -0.05) is 0 Å². The first-order chi connectivity index (χ1) is 9.08. The van der Waals surface area contributed by atoms with Crippen LogP contribution in [0.2, 0.25) is 0 Å². The number of carbonyl (C=O) groups excluding carboxylic acids is 1. The number of aromatic carboxylic acids is 1. The van der Waals surface area contributed by atoms with Crippen molar-refractivity contribution in [3.8, 4) is 0 Å². The van der Waals surface area contributed by atoms with Crippen LogP contribution in [-0.4, -0.2) is 27.0 Å². The summed E-state index contributed by atoms with van der Waals surface area (Å²) in [5, 5.41) is 14.2. The number of rotatable bonds is 4. The van der Waals surface area contributed by atoms with E-state index in [-0.39, 0.29) is 17.8 Å². The van der Waals surface area contributed by atoms with Crippen molar-refractivity contribution in [2.45, 2.75) is 13.5 Å². The minimum Gasteiger partial charge on any atom is -0.478 e. The van der Waals surface area contributed by atoms with E-state index < -0.39 is 11.9 Å². The van der Waals surface area contributed by atoms with E-state index in [2.05, 4.69) is 15.3 Å². The first-order valence-corrected chi connectivity index (χ1v) is 6.33. The number of amides is 1. The van der Waals surface area contributed by atoms with Crippen LogP contribution in [0.15, 0.2) is 23.7 Å². The zero-order chi connectivity index (χ0) is 13.8. The van der Waals surface area contributed by atoms with E-state index in [1.54, 1.807) is 0 Å². The van der Waals surface area contributed by atoms with Gasteiger partial charge in [0.25, 0.3) is 5.91 Å². The maximum absolute atomic E-state index is 11.9. The monoisotopic (exact) mass is 277 g/mol. The lowest BCUT2D eigenvalue weighted by Gasteiger charge is -2.05. The molecule has 0 aliphatic rings. The van der Waals surface area contributed by atoms with Crippen molar-refractivity contribution in [3.05, 3.63) is 45.7 Å². The zero-order valence-electron chi connectivity index (χ0n) is 10.1. The number of aromatic nitrogens is 2. The van der Waals surface area contributed by atoms with E-state index in [4.69, 9.17) is 5.11 Å². The Morgan fingerprint density at radius 1 is 1.47 bits per heavy atom. The van der Waals surface area contributed by atoms with Gasteiger partial charge in [0.1, 0.15) is 10.7 Å². The van der Waals surface area contributed by atoms with Crippen LogP contribution < -0.4 is 5.32 Å². The minimum absolute atomic E-state index is 0.0942. The summed E-state index contributed by atoms with van der Waals surface area (Å²) in [5.41, 5.74) is 0.678. The Labute approximate surface area is 113 Å². The van der Waals surface area contributed by atoms with Crippen LogP contribution in [-0.2, 0) is 6.54 Å². The first kappa shape index (κ1) is 13.2. The maximum Gasteiger partial charge on any atom is 0.338 e. The van der Waals surface area contributed by atoms with E-state index >= 15 is 0 Å². The van der Waals surface area contributed by atoms with Crippen LogP contribution in [0.4, 0.5) is 0 Å². The molecule has 2 heterocycles. The molecule has 1 amide bonds. The normalized spacial score (nSPS) is 10.2. The summed E-state index contributed by atoms with van der Waals surface area (Å²) >= 11 is 1.43. The molecule has 0 bridgehead atoms. The van der Waals surface area contributed by atoms with Gasteiger partial charge >= 0.3 is 5.97 Å². The zero-order valence-corrected chi connectivity index (χ0v) is 10.9. The van der Waals surface area contributed by atoms with Crippen molar-refractivity contribution in [3.63, 3.8) is 0 Å². The molecule has 2 aromatic rings. The Hall–Kier alpha value is -2.28. The van der Waals surface area contributed by atoms with Crippen molar-refractivity contribution in [1.82, 2.24) is 15.3 Å². The number of aryl methyl sites for hydroxylation is 1. The molecule has 0 saturated heterocycles. The lowest BCUT2D eigenvalue weighted by Crippen LogP contribution is -2.26. The summed E-state index contributed by atoms with van der Waals surface area (Å²) < 4.78 is 0. The number of hydrogen-bond donors (Lipinski definition) is 2. The molecule has 2 N–H and O–H groups in total. The van der Waals surface area contributed by atoms with E-state index in [1.165, 1.54) is 29.7 Å². The summed E-state index contributed by atoms with van der Waals surface area (Å²) in [6.07, 6.45) is 1.38. The molecule has 0 unspecified atom stereocenters. The minimum atomic E-state index is -1.18. The van der Waals surface area contributed by atoms with Crippen LogP contribution in [0.25, 0.3) is 0 Å². The third-order valence-electron chi connectivity index (χ3n) is 2.32. The highest BCUT2D eigenvalue weighted by atomic mass is 32.1. The molecular formula is C12H11N3O3S. The molecule has 0 radical (unpaired) electrons. The Bertz CT molecular complexity index is 624. The molecule has 0 aromatic carbocycles. The van der Waals surface area contributed by atoms with Crippen molar-refractivity contribution < 1.29 is 14.7 Å². The molecule has 0 saturated carbocycles. The Kier molecular flexibility index (Phi) is 3.86. The second-order valence-electron chi connectivity index (χ2n) is 3.77. The van der Waals surface area contributed by atoms with Crippen molar-refractivity contribution in [2.75, 3.05) is 0 Å². The van der Waals surface area contributed by atoms with Gasteiger partial charge in [-0.25, -0.2) is 9.78 Å². The number of hydrogen-bond acceptors (Lipinski definition) is 5. The average molecular weight is 277 g/mol. The van der Waals surface area contributed by atoms with Gasteiger partial charge in [-0.3, -0.25) is 9.78 Å². The number of pyridine rings is 1. The molecule has 7 heteroatoms. The molecule has 6 nitrogen and oxygen atoms in total. The highest BCUT2D eigenvalue weighted by molar-refractivity contribution is 7.09. The van der Waals surface area contributed by atoms with Gasteiger partial charge in [0, 0.05) is 17.3 Å². The van der Waals surface area contributed by atoms with Crippen molar-refractivity contribution in [1.29, 1.82) is 0 Å². The highest BCUT2D eigenvalue weighted by Crippen LogP contribution is 2.09. The van der Waals surface area contributed by atoms with Gasteiger partial charge < -0.3 is 10.4 Å². The topological polar surface area (TPSA) is 92.2 Å². The molecular weight excluding hydrogens is 266 g/mol. The van der Waals surface area contributed by atoms with Gasteiger partial charge in [0.2, 0.25) is 0 Å². The predicted octanol–water partition coefficient (Wildman–Crippen LogP) is 1.47. The molecule has 0 aliphatic carbocycles. The fourth-order valence-electron chi connectivity index (χ4n) is 1.48. The number of carboxylic acid groups (broad SMARTS) is 1. The molecule has 2 rings (SSSR count). The first-order valence-electron chi connectivity index (χ1n) is 5.45. The fraction of sp³-hybridized carbons (Fsp3) is 0.167. The molecule has 0 atom stereocenters. The predicted molar refractivity (Wildman–Crippen MR) is 69.2 cm³/mol. The third kappa shape index (κ3) is 3.14. The molecule has 0 spiro atoms. The second-order valence-corrected chi connectivity index (χ2v) is 4.71. The van der Waals surface area contributed by atoms with E-state index in [0.29, 0.717) is 0 Å². The van der Waals surface area contributed by atoms with E-state index in [0.717, 1.165) is 10.7 Å². The molecule has 19 heavy (non-hydrogen) atoms. The summed E-state index contributed by atoms with van der Waals surface area (Å²) in [5.74, 6) is -1.70. The van der Waals surface area contributed by atoms with E-state index in [1.807, 2.05) is 12.3 Å². The number of nitrogens with one attached hydrogen (secondary N) is 1. The summed E-state index contributed by atoms with van der Waals surface area (Å²) in [6, 6.07) is 2.82. The summed E-state index contributed by atoms with van der Waals surface area (Å²) in [6.45, 7) is 2.12. The molecule has 0 fully saturated rings. The smallest absolute Gasteiger partial charge is 0.338 e. The lowest BCUT2D eigenvalue weighted by molar-refractivity contribution is 0.0690. The molecule has 0 aliphatic heterocycles.